The molecule has 5 aliphatic carbocycles. The largest absolute Gasteiger partial charge is 0.456 e. The normalized spacial score (nSPS) is 39.0. The molecule has 0 aromatic carbocycles. The summed E-state index contributed by atoms with van der Waals surface area (Å²) in [5.74, 6) is 1.80. The molecule has 5 saturated carbocycles. The second-order valence-corrected chi connectivity index (χ2v) is 11.4. The maximum absolute atomic E-state index is 12.4. The van der Waals surface area contributed by atoms with E-state index in [1.807, 2.05) is 0 Å². The van der Waals surface area contributed by atoms with Gasteiger partial charge in [0, 0.05) is 10.9 Å². The summed E-state index contributed by atoms with van der Waals surface area (Å²) in [5, 5.41) is 2.95. The van der Waals surface area contributed by atoms with Gasteiger partial charge in [0.25, 0.3) is 5.91 Å². The van der Waals surface area contributed by atoms with Gasteiger partial charge in [0.2, 0.25) is 0 Å². The Kier molecular flexibility index (Phi) is 5.37. The standard InChI is InChI=1S/C21H32BrNO3/c22-21-9-16-6-17(10-21)8-20(7-16,14-21)11-19(25)26-13-18(24)23-12-15-4-2-1-3-5-15/h15-17H,1-14H2,(H,23,24). The van der Waals surface area contributed by atoms with Crippen LogP contribution in [0.25, 0.3) is 0 Å². The lowest BCUT2D eigenvalue weighted by molar-refractivity contribution is -0.154. The Morgan fingerprint density at radius 3 is 2.38 bits per heavy atom. The Labute approximate surface area is 165 Å². The highest BCUT2D eigenvalue weighted by Crippen LogP contribution is 2.65. The van der Waals surface area contributed by atoms with Gasteiger partial charge >= 0.3 is 5.97 Å². The van der Waals surface area contributed by atoms with Crippen LogP contribution in [0.5, 0.6) is 0 Å². The molecule has 146 valence electrons. The molecule has 5 heteroatoms. The van der Waals surface area contributed by atoms with Crippen molar-refractivity contribution in [3.8, 4) is 0 Å². The van der Waals surface area contributed by atoms with Gasteiger partial charge in [-0.1, -0.05) is 35.2 Å². The molecule has 5 rings (SSSR count). The number of carbonyl (C=O) groups excluding carboxylic acids is 2. The Bertz CT molecular complexity index is 543. The first-order valence-corrected chi connectivity index (χ1v) is 11.3. The van der Waals surface area contributed by atoms with E-state index >= 15 is 0 Å². The average molecular weight is 426 g/mol. The van der Waals surface area contributed by atoms with E-state index in [2.05, 4.69) is 21.2 Å². The van der Waals surface area contributed by atoms with Crippen molar-refractivity contribution in [2.45, 2.75) is 81.4 Å². The second kappa shape index (κ2) is 7.44. The van der Waals surface area contributed by atoms with Crippen molar-refractivity contribution in [1.82, 2.24) is 5.32 Å². The molecule has 0 saturated heterocycles. The third-order valence-corrected chi connectivity index (χ3v) is 8.23. The van der Waals surface area contributed by atoms with Gasteiger partial charge in [-0.15, -0.1) is 0 Å². The monoisotopic (exact) mass is 425 g/mol. The van der Waals surface area contributed by atoms with E-state index in [1.54, 1.807) is 0 Å². The molecule has 26 heavy (non-hydrogen) atoms. The lowest BCUT2D eigenvalue weighted by atomic mass is 9.49. The van der Waals surface area contributed by atoms with Gasteiger partial charge in [-0.05, 0) is 74.5 Å². The molecule has 1 amide bonds. The maximum atomic E-state index is 12.4. The number of hydrogen-bond donors (Lipinski definition) is 1. The van der Waals surface area contributed by atoms with Gasteiger partial charge in [-0.3, -0.25) is 9.59 Å². The van der Waals surface area contributed by atoms with Crippen LogP contribution < -0.4 is 5.32 Å². The average Bonchev–Trinajstić information content (AvgIpc) is 2.56. The lowest BCUT2D eigenvalue weighted by Crippen LogP contribution is -2.53. The van der Waals surface area contributed by atoms with Crippen LogP contribution in [0.2, 0.25) is 0 Å². The van der Waals surface area contributed by atoms with E-state index in [9.17, 15) is 9.59 Å². The fourth-order valence-corrected chi connectivity index (χ4v) is 8.26. The molecule has 0 heterocycles. The summed E-state index contributed by atoms with van der Waals surface area (Å²) in [5.41, 5.74) is 0.114. The highest BCUT2D eigenvalue weighted by molar-refractivity contribution is 9.10. The number of alkyl halides is 1. The van der Waals surface area contributed by atoms with Gasteiger partial charge in [0.15, 0.2) is 6.61 Å². The third kappa shape index (κ3) is 4.28. The van der Waals surface area contributed by atoms with Crippen LogP contribution in [0.3, 0.4) is 0 Å². The summed E-state index contributed by atoms with van der Waals surface area (Å²) < 4.78 is 5.61. The predicted molar refractivity (Wildman–Crippen MR) is 104 cm³/mol. The molecule has 2 atom stereocenters. The number of carbonyl (C=O) groups is 2. The smallest absolute Gasteiger partial charge is 0.306 e. The highest BCUT2D eigenvalue weighted by atomic mass is 79.9. The molecule has 0 aromatic heterocycles. The molecule has 2 unspecified atom stereocenters. The van der Waals surface area contributed by atoms with Crippen LogP contribution in [0.15, 0.2) is 0 Å². The zero-order valence-electron chi connectivity index (χ0n) is 15.7. The summed E-state index contributed by atoms with van der Waals surface area (Å²) in [7, 11) is 0. The molecule has 5 fully saturated rings. The fraction of sp³-hybridized carbons (Fsp3) is 0.905. The second-order valence-electron chi connectivity index (χ2n) is 9.76. The Morgan fingerprint density at radius 2 is 1.73 bits per heavy atom. The van der Waals surface area contributed by atoms with E-state index in [-0.39, 0.29) is 28.2 Å². The van der Waals surface area contributed by atoms with Crippen molar-refractivity contribution in [3.05, 3.63) is 0 Å². The molecule has 0 aliphatic heterocycles. The summed E-state index contributed by atoms with van der Waals surface area (Å²) >= 11 is 3.99. The molecule has 1 N–H and O–H groups in total. The first-order valence-electron chi connectivity index (χ1n) is 10.5. The third-order valence-electron chi connectivity index (χ3n) is 7.31. The summed E-state index contributed by atoms with van der Waals surface area (Å²) in [6.45, 7) is 0.615. The van der Waals surface area contributed by atoms with E-state index in [0.29, 0.717) is 12.3 Å². The van der Waals surface area contributed by atoms with Crippen molar-refractivity contribution < 1.29 is 14.3 Å². The van der Waals surface area contributed by atoms with Crippen LogP contribution in [-0.2, 0) is 14.3 Å². The SMILES string of the molecule is O=C(COC(=O)CC12CC3CC(CC(Br)(C3)C1)C2)NCC1CCCCC1. The molecular formula is C21H32BrNO3. The van der Waals surface area contributed by atoms with E-state index in [1.165, 1.54) is 64.2 Å². The zero-order valence-corrected chi connectivity index (χ0v) is 17.3. The Balaban J connectivity index is 1.21. The van der Waals surface area contributed by atoms with E-state index < -0.39 is 0 Å². The van der Waals surface area contributed by atoms with Gasteiger partial charge in [0.1, 0.15) is 0 Å². The molecule has 4 nitrogen and oxygen atoms in total. The number of halogens is 1. The number of hydrogen-bond acceptors (Lipinski definition) is 3. The Hall–Kier alpha value is -0.580. The summed E-state index contributed by atoms with van der Waals surface area (Å²) in [6.07, 6.45) is 14.1. The minimum absolute atomic E-state index is 0.114. The number of amides is 1. The first-order chi connectivity index (χ1) is 12.4. The van der Waals surface area contributed by atoms with Crippen LogP contribution in [-0.4, -0.2) is 29.4 Å². The topological polar surface area (TPSA) is 55.4 Å². The molecular weight excluding hydrogens is 394 g/mol. The molecule has 5 aliphatic rings. The minimum atomic E-state index is -0.184. The predicted octanol–water partition coefficient (Wildman–Crippen LogP) is 4.35. The van der Waals surface area contributed by atoms with E-state index in [4.69, 9.17) is 4.74 Å². The van der Waals surface area contributed by atoms with Crippen molar-refractivity contribution in [1.29, 1.82) is 0 Å². The molecule has 4 bridgehead atoms. The zero-order chi connectivity index (χ0) is 18.2. The first kappa shape index (κ1) is 18.8. The number of rotatable bonds is 6. The van der Waals surface area contributed by atoms with Crippen molar-refractivity contribution >= 4 is 27.8 Å². The van der Waals surface area contributed by atoms with Crippen molar-refractivity contribution in [3.63, 3.8) is 0 Å². The van der Waals surface area contributed by atoms with Crippen LogP contribution in [0.4, 0.5) is 0 Å². The number of esters is 1. The van der Waals surface area contributed by atoms with E-state index in [0.717, 1.165) is 24.8 Å². The summed E-state index contributed by atoms with van der Waals surface area (Å²) in [6, 6.07) is 0. The lowest BCUT2D eigenvalue weighted by Gasteiger charge is -2.60. The Morgan fingerprint density at radius 1 is 1.04 bits per heavy atom. The van der Waals surface area contributed by atoms with Crippen LogP contribution in [0.1, 0.15) is 77.0 Å². The molecule has 0 aromatic rings. The number of ether oxygens (including phenoxy) is 1. The summed E-state index contributed by atoms with van der Waals surface area (Å²) in [4.78, 5) is 24.4. The van der Waals surface area contributed by atoms with Gasteiger partial charge in [-0.2, -0.15) is 0 Å². The number of nitrogens with one attached hydrogen (secondary N) is 1. The van der Waals surface area contributed by atoms with Crippen molar-refractivity contribution in [2.75, 3.05) is 13.2 Å². The molecule has 0 radical (unpaired) electrons. The fourth-order valence-electron chi connectivity index (χ4n) is 6.75. The minimum Gasteiger partial charge on any atom is -0.456 e. The van der Waals surface area contributed by atoms with Crippen molar-refractivity contribution in [2.24, 2.45) is 23.2 Å². The molecule has 0 spiro atoms. The maximum Gasteiger partial charge on any atom is 0.306 e. The van der Waals surface area contributed by atoms with Crippen LogP contribution >= 0.6 is 15.9 Å². The quantitative estimate of drug-likeness (QED) is 0.508. The van der Waals surface area contributed by atoms with Gasteiger partial charge in [0.05, 0.1) is 6.42 Å². The highest BCUT2D eigenvalue weighted by Gasteiger charge is 2.57. The van der Waals surface area contributed by atoms with Crippen LogP contribution in [0, 0.1) is 23.2 Å². The van der Waals surface area contributed by atoms with Gasteiger partial charge < -0.3 is 10.1 Å². The van der Waals surface area contributed by atoms with Gasteiger partial charge in [-0.25, -0.2) is 0 Å².